The normalized spacial score (nSPS) is 11.8. The molecule has 0 unspecified atom stereocenters. The van der Waals surface area contributed by atoms with Gasteiger partial charge in [0.15, 0.2) is 17.5 Å². The van der Waals surface area contributed by atoms with Crippen molar-refractivity contribution >= 4 is 75.8 Å². The van der Waals surface area contributed by atoms with Gasteiger partial charge in [-0.3, -0.25) is 0 Å². The van der Waals surface area contributed by atoms with Crippen molar-refractivity contribution in [1.29, 1.82) is 0 Å². The van der Waals surface area contributed by atoms with Crippen molar-refractivity contribution in [2.45, 2.75) is 0 Å². The van der Waals surface area contributed by atoms with Crippen LogP contribution in [0.2, 0.25) is 0 Å². The van der Waals surface area contributed by atoms with E-state index in [0.29, 0.717) is 17.5 Å². The van der Waals surface area contributed by atoms with Gasteiger partial charge in [0.05, 0.1) is 0 Å². The van der Waals surface area contributed by atoms with Gasteiger partial charge in [-0.1, -0.05) is 200 Å². The molecule has 0 fully saturated rings. The highest BCUT2D eigenvalue weighted by Crippen LogP contribution is 2.41. The first-order valence-electron chi connectivity index (χ1n) is 23.4. The quantitative estimate of drug-likeness (QED) is 0.156. The lowest BCUT2D eigenvalue weighted by molar-refractivity contribution is 0.669. The summed E-state index contributed by atoms with van der Waals surface area (Å²) >= 11 is 0. The minimum absolute atomic E-state index is 0.610. The SMILES string of the molecule is c1ccc(-c2cccc3c(-c4nc(-c5cccc6cc(-c7ccc8ccc9ccccc9c8c7)ccc56)nc(-c5ccc(-c6ccc7c(c6)oc6ccccc67)c6ccccc56)n4)cccc23)cc1. The first kappa shape index (κ1) is 39.0. The highest BCUT2D eigenvalue weighted by atomic mass is 16.3. The summed E-state index contributed by atoms with van der Waals surface area (Å²) in [5.41, 5.74) is 11.4. The van der Waals surface area contributed by atoms with Gasteiger partial charge < -0.3 is 4.42 Å². The number of hydrogen-bond acceptors (Lipinski definition) is 4. The predicted octanol–water partition coefficient (Wildman–Crippen LogP) is 17.5. The molecule has 0 bridgehead atoms. The van der Waals surface area contributed by atoms with Crippen molar-refractivity contribution in [2.24, 2.45) is 0 Å². The van der Waals surface area contributed by atoms with Crippen molar-refractivity contribution in [3.63, 3.8) is 0 Å². The predicted molar refractivity (Wildman–Crippen MR) is 287 cm³/mol. The van der Waals surface area contributed by atoms with E-state index in [1.54, 1.807) is 0 Å². The fourth-order valence-electron chi connectivity index (χ4n) is 10.6. The standard InChI is InChI=1S/C65H39N3O/c1-2-13-40(14-3-1)47-21-11-23-54-52(47)22-12-25-58(54)64-66-63(57-24-10-16-45-37-43(31-33-50(45)57)44-30-29-42-28-27-41-15-4-5-17-48(41)60(42)38-44)67-65(68-64)59-36-35-49(51-18-6-7-19-53(51)59)46-32-34-56-55-20-8-9-26-61(55)69-62(56)39-46/h1-39H. The molecule has 2 heterocycles. The molecule has 2 aromatic heterocycles. The molecule has 69 heavy (non-hydrogen) atoms. The lowest BCUT2D eigenvalue weighted by atomic mass is 9.93. The number of rotatable bonds is 6. The molecule has 320 valence electrons. The number of benzene rings is 12. The molecule has 0 aliphatic carbocycles. The molecular weight excluding hydrogens is 839 g/mol. The Labute approximate surface area is 397 Å². The first-order chi connectivity index (χ1) is 34.2. The van der Waals surface area contributed by atoms with Crippen LogP contribution < -0.4 is 0 Å². The molecule has 4 heteroatoms. The second-order valence-electron chi connectivity index (χ2n) is 17.9. The van der Waals surface area contributed by atoms with E-state index in [-0.39, 0.29) is 0 Å². The van der Waals surface area contributed by atoms with E-state index in [9.17, 15) is 0 Å². The molecule has 0 spiro atoms. The van der Waals surface area contributed by atoms with E-state index in [0.717, 1.165) is 98.8 Å². The van der Waals surface area contributed by atoms with Crippen molar-refractivity contribution in [2.75, 3.05) is 0 Å². The van der Waals surface area contributed by atoms with Crippen LogP contribution in [-0.4, -0.2) is 15.0 Å². The summed E-state index contributed by atoms with van der Waals surface area (Å²) in [5, 5.41) is 13.8. The van der Waals surface area contributed by atoms with Crippen LogP contribution in [0, 0.1) is 0 Å². The molecule has 0 N–H and O–H groups in total. The molecule has 14 rings (SSSR count). The molecular formula is C65H39N3O. The molecule has 12 aromatic carbocycles. The van der Waals surface area contributed by atoms with Crippen molar-refractivity contribution in [3.8, 4) is 67.5 Å². The average molecular weight is 878 g/mol. The summed E-state index contributed by atoms with van der Waals surface area (Å²) < 4.78 is 6.36. The lowest BCUT2D eigenvalue weighted by Crippen LogP contribution is -2.01. The van der Waals surface area contributed by atoms with Crippen molar-refractivity contribution in [1.82, 2.24) is 15.0 Å². The van der Waals surface area contributed by atoms with Gasteiger partial charge in [0.1, 0.15) is 11.2 Å². The Kier molecular flexibility index (Phi) is 8.86. The second-order valence-corrected chi connectivity index (χ2v) is 17.9. The summed E-state index contributed by atoms with van der Waals surface area (Å²) in [6.07, 6.45) is 0. The van der Waals surface area contributed by atoms with Crippen LogP contribution in [0.25, 0.3) is 143 Å². The summed E-state index contributed by atoms with van der Waals surface area (Å²) in [5.74, 6) is 1.84. The van der Waals surface area contributed by atoms with Crippen LogP contribution in [0.5, 0.6) is 0 Å². The molecule has 0 atom stereocenters. The molecule has 14 aromatic rings. The maximum atomic E-state index is 6.36. The van der Waals surface area contributed by atoms with Crippen LogP contribution in [0.15, 0.2) is 241 Å². The van der Waals surface area contributed by atoms with Crippen LogP contribution in [0.3, 0.4) is 0 Å². The molecule has 0 amide bonds. The van der Waals surface area contributed by atoms with E-state index in [1.807, 2.05) is 12.1 Å². The number of fused-ring (bicyclic) bond motifs is 9. The monoisotopic (exact) mass is 877 g/mol. The first-order valence-corrected chi connectivity index (χ1v) is 23.4. The number of hydrogen-bond donors (Lipinski definition) is 0. The van der Waals surface area contributed by atoms with Gasteiger partial charge in [-0.2, -0.15) is 0 Å². The topological polar surface area (TPSA) is 51.8 Å². The Bertz CT molecular complexity index is 4380. The van der Waals surface area contributed by atoms with E-state index in [1.165, 1.54) is 27.1 Å². The minimum Gasteiger partial charge on any atom is -0.456 e. The van der Waals surface area contributed by atoms with Gasteiger partial charge in [0, 0.05) is 27.5 Å². The Morgan fingerprint density at radius 2 is 0.681 bits per heavy atom. The third kappa shape index (κ3) is 6.49. The van der Waals surface area contributed by atoms with E-state index in [2.05, 4.69) is 224 Å². The highest BCUT2D eigenvalue weighted by molar-refractivity contribution is 6.11. The van der Waals surface area contributed by atoms with Crippen molar-refractivity contribution in [3.05, 3.63) is 237 Å². The summed E-state index contributed by atoms with van der Waals surface area (Å²) in [6, 6.07) is 84.2. The molecule has 0 radical (unpaired) electrons. The summed E-state index contributed by atoms with van der Waals surface area (Å²) in [4.78, 5) is 16.2. The Morgan fingerprint density at radius 1 is 0.217 bits per heavy atom. The molecule has 0 aliphatic heterocycles. The molecule has 0 saturated carbocycles. The van der Waals surface area contributed by atoms with Crippen LogP contribution >= 0.6 is 0 Å². The number of furan rings is 1. The van der Waals surface area contributed by atoms with Crippen molar-refractivity contribution < 1.29 is 4.42 Å². The fourth-order valence-corrected chi connectivity index (χ4v) is 10.6. The van der Waals surface area contributed by atoms with Gasteiger partial charge in [-0.25, -0.2) is 15.0 Å². The zero-order valence-corrected chi connectivity index (χ0v) is 37.3. The molecule has 0 aliphatic rings. The zero-order chi connectivity index (χ0) is 45.4. The van der Waals surface area contributed by atoms with Crippen LogP contribution in [-0.2, 0) is 0 Å². The van der Waals surface area contributed by atoms with Gasteiger partial charge in [-0.05, 0) is 124 Å². The van der Waals surface area contributed by atoms with E-state index >= 15 is 0 Å². The summed E-state index contributed by atoms with van der Waals surface area (Å²) in [6.45, 7) is 0. The minimum atomic E-state index is 0.610. The van der Waals surface area contributed by atoms with Gasteiger partial charge >= 0.3 is 0 Å². The fraction of sp³-hybridized carbons (Fsp3) is 0. The molecule has 0 saturated heterocycles. The Hall–Kier alpha value is -9.25. The smallest absolute Gasteiger partial charge is 0.164 e. The lowest BCUT2D eigenvalue weighted by Gasteiger charge is -2.15. The largest absolute Gasteiger partial charge is 0.456 e. The Balaban J connectivity index is 0.952. The second kappa shape index (κ2) is 15.7. The maximum Gasteiger partial charge on any atom is 0.164 e. The zero-order valence-electron chi connectivity index (χ0n) is 37.3. The number of para-hydroxylation sites is 1. The maximum absolute atomic E-state index is 6.36. The van der Waals surface area contributed by atoms with Crippen LogP contribution in [0.4, 0.5) is 0 Å². The number of nitrogens with zero attached hydrogens (tertiary/aromatic N) is 3. The van der Waals surface area contributed by atoms with E-state index < -0.39 is 0 Å². The third-order valence-corrected chi connectivity index (χ3v) is 13.9. The van der Waals surface area contributed by atoms with Gasteiger partial charge in [-0.15, -0.1) is 0 Å². The summed E-state index contributed by atoms with van der Waals surface area (Å²) in [7, 11) is 0. The van der Waals surface area contributed by atoms with Gasteiger partial charge in [0.2, 0.25) is 0 Å². The van der Waals surface area contributed by atoms with E-state index in [4.69, 9.17) is 19.4 Å². The van der Waals surface area contributed by atoms with Gasteiger partial charge in [0.25, 0.3) is 0 Å². The average Bonchev–Trinajstić information content (AvgIpc) is 3.80. The molecule has 4 nitrogen and oxygen atoms in total. The van der Waals surface area contributed by atoms with Crippen LogP contribution in [0.1, 0.15) is 0 Å². The Morgan fingerprint density at radius 3 is 1.45 bits per heavy atom. The number of aromatic nitrogens is 3. The third-order valence-electron chi connectivity index (χ3n) is 13.9. The highest BCUT2D eigenvalue weighted by Gasteiger charge is 2.20.